The van der Waals surface area contributed by atoms with Crippen LogP contribution in [0.15, 0.2) is 12.1 Å². The molecule has 0 radical (unpaired) electrons. The van der Waals surface area contributed by atoms with Gasteiger partial charge < -0.3 is 10.5 Å². The number of nitrogen functional groups attached to an aromatic ring is 1. The van der Waals surface area contributed by atoms with Crippen LogP contribution in [0.3, 0.4) is 0 Å². The SMILES string of the molecule is CCC(C)COc1cc(C)c(N)cc1F. The summed E-state index contributed by atoms with van der Waals surface area (Å²) in [6.45, 7) is 6.53. The molecule has 0 aliphatic heterocycles. The smallest absolute Gasteiger partial charge is 0.167 e. The van der Waals surface area contributed by atoms with Gasteiger partial charge in [0, 0.05) is 11.8 Å². The van der Waals surface area contributed by atoms with Crippen LogP contribution in [0.1, 0.15) is 25.8 Å². The summed E-state index contributed by atoms with van der Waals surface area (Å²) in [5.41, 5.74) is 6.88. The average Bonchev–Trinajstić information content (AvgIpc) is 2.21. The van der Waals surface area contributed by atoms with E-state index in [-0.39, 0.29) is 5.82 Å². The molecule has 0 aliphatic rings. The number of hydrogen-bond donors (Lipinski definition) is 1. The standard InChI is InChI=1S/C12H18FNO/c1-4-8(2)7-15-12-5-9(3)11(14)6-10(12)13/h5-6,8H,4,7,14H2,1-3H3. The molecule has 0 fully saturated rings. The number of nitrogens with two attached hydrogens (primary N) is 1. The molecular formula is C12H18FNO. The fourth-order valence-corrected chi connectivity index (χ4v) is 1.13. The van der Waals surface area contributed by atoms with Gasteiger partial charge >= 0.3 is 0 Å². The van der Waals surface area contributed by atoms with Gasteiger partial charge in [-0.3, -0.25) is 0 Å². The molecule has 0 heterocycles. The largest absolute Gasteiger partial charge is 0.490 e. The molecule has 0 saturated heterocycles. The molecule has 1 aromatic rings. The Morgan fingerprint density at radius 2 is 2.13 bits per heavy atom. The molecule has 0 amide bonds. The third kappa shape index (κ3) is 3.11. The number of hydrogen-bond acceptors (Lipinski definition) is 2. The second-order valence-corrected chi connectivity index (χ2v) is 3.96. The van der Waals surface area contributed by atoms with Gasteiger partial charge in [0.25, 0.3) is 0 Å². The maximum atomic E-state index is 13.4. The lowest BCUT2D eigenvalue weighted by Crippen LogP contribution is -2.08. The summed E-state index contributed by atoms with van der Waals surface area (Å²) in [6, 6.07) is 2.95. The Bertz CT molecular complexity index is 339. The van der Waals surface area contributed by atoms with Crippen LogP contribution in [0.25, 0.3) is 0 Å². The molecule has 0 saturated carbocycles. The van der Waals surface area contributed by atoms with E-state index < -0.39 is 0 Å². The molecule has 0 bridgehead atoms. The first kappa shape index (κ1) is 11.8. The van der Waals surface area contributed by atoms with Crippen molar-refractivity contribution in [1.82, 2.24) is 0 Å². The monoisotopic (exact) mass is 211 g/mol. The Kier molecular flexibility index (Phi) is 3.95. The highest BCUT2D eigenvalue weighted by Crippen LogP contribution is 2.24. The first-order chi connectivity index (χ1) is 7.04. The quantitative estimate of drug-likeness (QED) is 0.776. The van der Waals surface area contributed by atoms with Crippen LogP contribution in [-0.4, -0.2) is 6.61 Å². The van der Waals surface area contributed by atoms with Crippen molar-refractivity contribution >= 4 is 5.69 Å². The molecule has 2 N–H and O–H groups in total. The van der Waals surface area contributed by atoms with E-state index in [9.17, 15) is 4.39 Å². The molecule has 2 nitrogen and oxygen atoms in total. The number of rotatable bonds is 4. The van der Waals surface area contributed by atoms with Gasteiger partial charge in [-0.15, -0.1) is 0 Å². The van der Waals surface area contributed by atoms with Gasteiger partial charge in [0.05, 0.1) is 6.61 Å². The van der Waals surface area contributed by atoms with Crippen LogP contribution in [0.5, 0.6) is 5.75 Å². The zero-order valence-electron chi connectivity index (χ0n) is 9.51. The molecule has 1 unspecified atom stereocenters. The Morgan fingerprint density at radius 3 is 2.73 bits per heavy atom. The van der Waals surface area contributed by atoms with E-state index in [1.807, 2.05) is 6.92 Å². The van der Waals surface area contributed by atoms with Gasteiger partial charge in [0.1, 0.15) is 0 Å². The van der Waals surface area contributed by atoms with Gasteiger partial charge in [0.15, 0.2) is 11.6 Å². The van der Waals surface area contributed by atoms with Crippen molar-refractivity contribution < 1.29 is 9.13 Å². The predicted octanol–water partition coefficient (Wildman–Crippen LogP) is 3.14. The predicted molar refractivity (Wildman–Crippen MR) is 60.5 cm³/mol. The van der Waals surface area contributed by atoms with Crippen molar-refractivity contribution in [2.45, 2.75) is 27.2 Å². The van der Waals surface area contributed by atoms with Crippen LogP contribution < -0.4 is 10.5 Å². The average molecular weight is 211 g/mol. The zero-order chi connectivity index (χ0) is 11.4. The summed E-state index contributed by atoms with van der Waals surface area (Å²) in [4.78, 5) is 0. The van der Waals surface area contributed by atoms with Crippen LogP contribution in [0.2, 0.25) is 0 Å². The Balaban J connectivity index is 2.73. The minimum Gasteiger partial charge on any atom is -0.490 e. The molecule has 1 atom stereocenters. The van der Waals surface area contributed by atoms with Gasteiger partial charge in [0.2, 0.25) is 0 Å². The maximum absolute atomic E-state index is 13.4. The van der Waals surface area contributed by atoms with Crippen molar-refractivity contribution in [3.05, 3.63) is 23.5 Å². The Labute approximate surface area is 90.2 Å². The summed E-state index contributed by atoms with van der Waals surface area (Å²) < 4.78 is 18.8. The lowest BCUT2D eigenvalue weighted by molar-refractivity contribution is 0.246. The van der Waals surface area contributed by atoms with E-state index in [0.29, 0.717) is 24.0 Å². The molecule has 15 heavy (non-hydrogen) atoms. The van der Waals surface area contributed by atoms with E-state index in [1.165, 1.54) is 6.07 Å². The normalized spacial score (nSPS) is 12.5. The molecule has 1 rings (SSSR count). The van der Waals surface area contributed by atoms with Gasteiger partial charge in [-0.05, 0) is 24.5 Å². The first-order valence-corrected chi connectivity index (χ1v) is 5.23. The van der Waals surface area contributed by atoms with Gasteiger partial charge in [-0.2, -0.15) is 0 Å². The second kappa shape index (κ2) is 5.01. The number of ether oxygens (including phenoxy) is 1. The highest BCUT2D eigenvalue weighted by Gasteiger charge is 2.08. The fraction of sp³-hybridized carbons (Fsp3) is 0.500. The molecular weight excluding hydrogens is 193 g/mol. The summed E-state index contributed by atoms with van der Waals surface area (Å²) >= 11 is 0. The Morgan fingerprint density at radius 1 is 1.47 bits per heavy atom. The molecule has 84 valence electrons. The molecule has 0 spiro atoms. The van der Waals surface area contributed by atoms with E-state index in [4.69, 9.17) is 10.5 Å². The molecule has 3 heteroatoms. The Hall–Kier alpha value is -1.25. The van der Waals surface area contributed by atoms with Crippen LogP contribution in [0.4, 0.5) is 10.1 Å². The van der Waals surface area contributed by atoms with E-state index in [1.54, 1.807) is 6.07 Å². The number of anilines is 1. The summed E-state index contributed by atoms with van der Waals surface area (Å²) in [5.74, 6) is 0.339. The lowest BCUT2D eigenvalue weighted by atomic mass is 10.1. The van der Waals surface area contributed by atoms with Gasteiger partial charge in [-0.25, -0.2) is 4.39 Å². The van der Waals surface area contributed by atoms with Crippen molar-refractivity contribution in [1.29, 1.82) is 0 Å². The van der Waals surface area contributed by atoms with Crippen LogP contribution >= 0.6 is 0 Å². The van der Waals surface area contributed by atoms with Crippen molar-refractivity contribution in [3.8, 4) is 5.75 Å². The molecule has 0 aliphatic carbocycles. The second-order valence-electron chi connectivity index (χ2n) is 3.96. The summed E-state index contributed by atoms with van der Waals surface area (Å²) in [6.07, 6.45) is 1.02. The third-order valence-corrected chi connectivity index (χ3v) is 2.54. The number of halogens is 1. The molecule has 0 aromatic heterocycles. The number of aryl methyl sites for hydroxylation is 1. The zero-order valence-corrected chi connectivity index (χ0v) is 9.51. The summed E-state index contributed by atoms with van der Waals surface area (Å²) in [5, 5.41) is 0. The van der Waals surface area contributed by atoms with Crippen molar-refractivity contribution in [2.75, 3.05) is 12.3 Å². The van der Waals surface area contributed by atoms with E-state index in [0.717, 1.165) is 12.0 Å². The van der Waals surface area contributed by atoms with E-state index >= 15 is 0 Å². The van der Waals surface area contributed by atoms with Crippen LogP contribution in [-0.2, 0) is 0 Å². The van der Waals surface area contributed by atoms with Crippen LogP contribution in [0, 0.1) is 18.7 Å². The third-order valence-electron chi connectivity index (χ3n) is 2.54. The highest BCUT2D eigenvalue weighted by atomic mass is 19.1. The van der Waals surface area contributed by atoms with Gasteiger partial charge in [-0.1, -0.05) is 20.3 Å². The fourth-order valence-electron chi connectivity index (χ4n) is 1.13. The lowest BCUT2D eigenvalue weighted by Gasteiger charge is -2.12. The number of benzene rings is 1. The first-order valence-electron chi connectivity index (χ1n) is 5.23. The molecule has 1 aromatic carbocycles. The minimum absolute atomic E-state index is 0.294. The summed E-state index contributed by atoms with van der Waals surface area (Å²) in [7, 11) is 0. The highest BCUT2D eigenvalue weighted by molar-refractivity contribution is 5.50. The maximum Gasteiger partial charge on any atom is 0.167 e. The topological polar surface area (TPSA) is 35.2 Å². The minimum atomic E-state index is -0.388. The van der Waals surface area contributed by atoms with Crippen molar-refractivity contribution in [2.24, 2.45) is 5.92 Å². The van der Waals surface area contributed by atoms with E-state index in [2.05, 4.69) is 13.8 Å². The van der Waals surface area contributed by atoms with Crippen molar-refractivity contribution in [3.63, 3.8) is 0 Å².